The molecular weight excluding hydrogens is 975 g/mol. The smallest absolute Gasteiger partial charge is 0.325 e. The standard InChI is InChI=1S/C56H67N9O9S/c1-33-29-73-51(33)52(66)61-49-44(28-63-12-17-71-18-13-63)53-60-45(30-75-53)37-8-9-46-41(23-37)43(24-56(3,4)31-74-55(68)48-38-21-39(22-38)65(62-48)54(49)67)50(64(46)14-19-72-40-10-15-70-16-11-40)42-20-35(27-59-47(42)34(2)69-5)6-7-36-25-57-32-58-26-36/h8-9,20,23,25-27,30,32-34,38-40,44,48-49,51,62H,10-19,21-22,24,28-29,31H2,1-5H3,(H,61,66)/t33-,34-,38?,39?,44-,48-,49-,51-/m0/s1. The maximum atomic E-state index is 15.3. The summed E-state index contributed by atoms with van der Waals surface area (Å²) in [6.45, 7) is 14.0. The van der Waals surface area contributed by atoms with E-state index < -0.39 is 35.5 Å². The minimum Gasteiger partial charge on any atom is -0.464 e. The molecule has 8 bridgehead atoms. The predicted octanol–water partition coefficient (Wildman–Crippen LogP) is 5.47. The van der Waals surface area contributed by atoms with Gasteiger partial charge in [0.05, 0.1) is 73.8 Å². The topological polar surface area (TPSA) is 194 Å². The van der Waals surface area contributed by atoms with Gasteiger partial charge < -0.3 is 38.3 Å². The molecule has 5 saturated heterocycles. The van der Waals surface area contributed by atoms with E-state index in [-0.39, 0.29) is 48.5 Å². The lowest BCUT2D eigenvalue weighted by molar-refractivity contribution is -0.173. The van der Waals surface area contributed by atoms with E-state index in [0.717, 1.165) is 57.5 Å². The first-order valence-corrected chi connectivity index (χ1v) is 27.4. The average Bonchev–Trinajstić information content (AvgIpc) is 4.04. The molecule has 0 spiro atoms. The van der Waals surface area contributed by atoms with Crippen molar-refractivity contribution >= 4 is 40.0 Å². The SMILES string of the molecule is CO[C@@H](C)c1ncc(C#Cc2cncnc2)cc1-c1c2c3cc(ccc3n1CCOC1CCOCC1)-c1csc(n1)[C@@H](CN1CCOCC1)[C@H](NC(=O)[C@H]1OC[C@@H]1C)C(=O)N1N[C@H](C(=O)OCC(C)(C)C2)C2CC1C2. The molecule has 5 aromatic rings. The van der Waals surface area contributed by atoms with Gasteiger partial charge in [0.2, 0.25) is 5.91 Å². The number of fused-ring (bicyclic) bond motifs is 4. The molecule has 2 amide bonds. The lowest BCUT2D eigenvalue weighted by Gasteiger charge is -2.53. The number of rotatable bonds is 11. The number of thiazole rings is 1. The van der Waals surface area contributed by atoms with Crippen LogP contribution in [0.4, 0.5) is 0 Å². The highest BCUT2D eigenvalue weighted by Gasteiger charge is 2.53. The Balaban J connectivity index is 1.08. The normalized spacial score (nSPS) is 26.5. The quantitative estimate of drug-likeness (QED) is 0.125. The second-order valence-electron chi connectivity index (χ2n) is 21.8. The van der Waals surface area contributed by atoms with Crippen molar-refractivity contribution < 1.29 is 42.8 Å². The number of hydrazine groups is 1. The van der Waals surface area contributed by atoms with E-state index in [4.69, 9.17) is 38.4 Å². The van der Waals surface area contributed by atoms with Crippen LogP contribution in [0.3, 0.4) is 0 Å². The second-order valence-corrected chi connectivity index (χ2v) is 22.7. The van der Waals surface area contributed by atoms with Gasteiger partial charge in [-0.1, -0.05) is 38.7 Å². The number of ether oxygens (including phenoxy) is 6. The minimum atomic E-state index is -1.03. The van der Waals surface area contributed by atoms with Gasteiger partial charge in [-0.05, 0) is 68.7 Å². The fraction of sp³-hybridized carbons (Fsp3) is 0.554. The summed E-state index contributed by atoms with van der Waals surface area (Å²) in [5.74, 6) is 4.92. The number of esters is 1. The third kappa shape index (κ3) is 10.9. The van der Waals surface area contributed by atoms with E-state index in [9.17, 15) is 9.59 Å². The summed E-state index contributed by atoms with van der Waals surface area (Å²) in [5.41, 5.74) is 10.4. The molecule has 12 rings (SSSR count). The summed E-state index contributed by atoms with van der Waals surface area (Å²) in [4.78, 5) is 65.1. The van der Waals surface area contributed by atoms with Crippen LogP contribution in [0.25, 0.3) is 33.4 Å². The number of benzene rings is 1. The Kier molecular flexibility index (Phi) is 15.2. The monoisotopic (exact) mass is 1040 g/mol. The molecule has 7 aliphatic rings. The van der Waals surface area contributed by atoms with Gasteiger partial charge in [-0.3, -0.25) is 29.3 Å². The third-order valence-electron chi connectivity index (χ3n) is 15.8. The lowest BCUT2D eigenvalue weighted by atomic mass is 9.73. The number of hydrogen-bond donors (Lipinski definition) is 2. The molecule has 1 aliphatic carbocycles. The number of hydrogen-bond acceptors (Lipinski definition) is 16. The molecule has 0 unspecified atom stereocenters. The van der Waals surface area contributed by atoms with Crippen molar-refractivity contribution in [3.8, 4) is 34.4 Å². The highest BCUT2D eigenvalue weighted by Crippen LogP contribution is 2.44. The van der Waals surface area contributed by atoms with E-state index in [1.807, 2.05) is 13.8 Å². The molecule has 4 aromatic heterocycles. The van der Waals surface area contributed by atoms with Crippen molar-refractivity contribution in [3.63, 3.8) is 0 Å². The predicted molar refractivity (Wildman–Crippen MR) is 279 cm³/mol. The zero-order valence-electron chi connectivity index (χ0n) is 43.4. The number of morpholine rings is 1. The van der Waals surface area contributed by atoms with Crippen LogP contribution in [0.2, 0.25) is 0 Å². The molecule has 1 aromatic carbocycles. The van der Waals surface area contributed by atoms with E-state index in [0.29, 0.717) is 101 Å². The molecule has 6 aliphatic heterocycles. The number of carbonyl (C=O) groups excluding carboxylic acids is 3. The number of nitrogens with one attached hydrogen (secondary N) is 2. The van der Waals surface area contributed by atoms with E-state index >= 15 is 4.79 Å². The fourth-order valence-electron chi connectivity index (χ4n) is 11.4. The summed E-state index contributed by atoms with van der Waals surface area (Å²) in [6.07, 6.45) is 9.11. The third-order valence-corrected chi connectivity index (χ3v) is 16.8. The highest BCUT2D eigenvalue weighted by atomic mass is 32.1. The molecule has 0 radical (unpaired) electrons. The summed E-state index contributed by atoms with van der Waals surface area (Å²) in [6, 6.07) is 6.65. The Labute approximate surface area is 441 Å². The molecule has 19 heteroatoms. The van der Waals surface area contributed by atoms with Crippen molar-refractivity contribution in [2.75, 3.05) is 73.0 Å². The summed E-state index contributed by atoms with van der Waals surface area (Å²) in [5, 5.41) is 8.57. The van der Waals surface area contributed by atoms with Gasteiger partial charge in [-0.25, -0.2) is 20.4 Å². The van der Waals surface area contributed by atoms with Gasteiger partial charge in [-0.15, -0.1) is 11.3 Å². The number of methoxy groups -OCH3 is 1. The molecule has 10 heterocycles. The average molecular weight is 1040 g/mol. The zero-order chi connectivity index (χ0) is 51.8. The summed E-state index contributed by atoms with van der Waals surface area (Å²) >= 11 is 1.49. The van der Waals surface area contributed by atoms with Gasteiger partial charge >= 0.3 is 5.97 Å². The van der Waals surface area contributed by atoms with Gasteiger partial charge in [0, 0.05) is 115 Å². The van der Waals surface area contributed by atoms with Crippen molar-refractivity contribution in [2.24, 2.45) is 17.3 Å². The molecule has 6 atom stereocenters. The minimum absolute atomic E-state index is 0.00102. The van der Waals surface area contributed by atoms with Crippen LogP contribution in [0, 0.1) is 29.1 Å². The van der Waals surface area contributed by atoms with E-state index in [1.54, 1.807) is 30.7 Å². The first-order chi connectivity index (χ1) is 36.4. The molecule has 1 saturated carbocycles. The molecule has 75 heavy (non-hydrogen) atoms. The Morgan fingerprint density at radius 2 is 1.80 bits per heavy atom. The zero-order valence-corrected chi connectivity index (χ0v) is 44.2. The lowest BCUT2D eigenvalue weighted by Crippen LogP contribution is -2.72. The first kappa shape index (κ1) is 51.4. The van der Waals surface area contributed by atoms with Crippen LogP contribution >= 0.6 is 11.3 Å². The number of nitrogens with zero attached hydrogens (tertiary/aromatic N) is 7. The van der Waals surface area contributed by atoms with Gasteiger partial charge in [0.15, 0.2) is 0 Å². The van der Waals surface area contributed by atoms with Gasteiger partial charge in [0.1, 0.15) is 29.5 Å². The van der Waals surface area contributed by atoms with Crippen LogP contribution in [0.1, 0.15) is 92.8 Å². The maximum Gasteiger partial charge on any atom is 0.325 e. The van der Waals surface area contributed by atoms with E-state index in [1.165, 1.54) is 17.7 Å². The number of amides is 2. The molecule has 18 nitrogen and oxygen atoms in total. The maximum absolute atomic E-state index is 15.3. The molecule has 396 valence electrons. The molecule has 2 N–H and O–H groups in total. The Hall–Kier alpha value is -5.69. The highest BCUT2D eigenvalue weighted by molar-refractivity contribution is 7.10. The summed E-state index contributed by atoms with van der Waals surface area (Å²) < 4.78 is 38.6. The van der Waals surface area contributed by atoms with Crippen molar-refractivity contribution in [3.05, 3.63) is 82.0 Å². The largest absolute Gasteiger partial charge is 0.464 e. The van der Waals surface area contributed by atoms with Crippen molar-refractivity contribution in [1.82, 2.24) is 45.2 Å². The molecule has 6 fully saturated rings. The number of carbonyl (C=O) groups is 3. The number of pyridine rings is 1. The second kappa shape index (κ2) is 22.1. The number of aromatic nitrogens is 5. The van der Waals surface area contributed by atoms with E-state index in [2.05, 4.69) is 85.5 Å². The summed E-state index contributed by atoms with van der Waals surface area (Å²) in [7, 11) is 1.69. The van der Waals surface area contributed by atoms with Crippen LogP contribution in [-0.4, -0.2) is 156 Å². The Morgan fingerprint density at radius 1 is 1.03 bits per heavy atom. The fourth-order valence-corrected chi connectivity index (χ4v) is 12.4. The van der Waals surface area contributed by atoms with Crippen molar-refractivity contribution in [2.45, 2.75) is 109 Å². The Morgan fingerprint density at radius 3 is 2.55 bits per heavy atom. The van der Waals surface area contributed by atoms with Crippen LogP contribution < -0.4 is 10.7 Å². The van der Waals surface area contributed by atoms with Gasteiger partial charge in [-0.2, -0.15) is 0 Å². The molecular formula is C56H67N9O9S. The van der Waals surface area contributed by atoms with Crippen molar-refractivity contribution in [1.29, 1.82) is 0 Å². The number of cyclic esters (lactones) is 1. The van der Waals surface area contributed by atoms with Gasteiger partial charge in [0.25, 0.3) is 5.91 Å². The van der Waals surface area contributed by atoms with Crippen LogP contribution in [0.5, 0.6) is 0 Å². The Bertz CT molecular complexity index is 2950. The van der Waals surface area contributed by atoms with Crippen LogP contribution in [-0.2, 0) is 55.8 Å². The van der Waals surface area contributed by atoms with Crippen LogP contribution in [0.15, 0.2) is 54.6 Å². The first-order valence-electron chi connectivity index (χ1n) is 26.5.